The summed E-state index contributed by atoms with van der Waals surface area (Å²) in [6.07, 6.45) is 0. The molecule has 8 heteroatoms. The minimum Gasteiger partial charge on any atom is -0.452 e. The molecular weight excluding hydrogens is 408 g/mol. The monoisotopic (exact) mass is 432 g/mol. The van der Waals surface area contributed by atoms with Gasteiger partial charge >= 0.3 is 5.97 Å². The number of aromatic nitrogens is 2. The second kappa shape index (κ2) is 7.96. The van der Waals surface area contributed by atoms with E-state index in [2.05, 4.69) is 10.4 Å². The van der Waals surface area contributed by atoms with Gasteiger partial charge in [-0.3, -0.25) is 14.5 Å². The molecule has 3 aromatic rings. The van der Waals surface area contributed by atoms with E-state index in [0.717, 1.165) is 17.1 Å². The number of carbonyl (C=O) groups is 3. The highest BCUT2D eigenvalue weighted by molar-refractivity contribution is 6.14. The number of carbonyl (C=O) groups excluding carboxylic acids is 3. The van der Waals surface area contributed by atoms with Crippen molar-refractivity contribution < 1.29 is 19.1 Å². The third kappa shape index (κ3) is 3.75. The van der Waals surface area contributed by atoms with Crippen molar-refractivity contribution in [3.8, 4) is 5.69 Å². The van der Waals surface area contributed by atoms with Gasteiger partial charge in [-0.15, -0.1) is 0 Å². The van der Waals surface area contributed by atoms with Crippen molar-refractivity contribution in [2.24, 2.45) is 0 Å². The van der Waals surface area contributed by atoms with Crippen LogP contribution in [0.25, 0.3) is 5.69 Å². The molecule has 0 aliphatic carbocycles. The summed E-state index contributed by atoms with van der Waals surface area (Å²) in [5, 5.41) is 7.22. The quantitative estimate of drug-likeness (QED) is 0.638. The Labute approximate surface area is 185 Å². The Morgan fingerprint density at radius 1 is 1.06 bits per heavy atom. The molecule has 0 atom stereocenters. The Morgan fingerprint density at radius 3 is 2.41 bits per heavy atom. The zero-order valence-electron chi connectivity index (χ0n) is 18.4. The van der Waals surface area contributed by atoms with Crippen LogP contribution in [0.15, 0.2) is 54.6 Å². The SMILES string of the molecule is Cc1cc(C)n(-c2ccc(C(=O)OCC(=O)N3c4ccccc4NC(=O)C3(C)C)cc2)n1. The van der Waals surface area contributed by atoms with E-state index in [1.54, 1.807) is 67.1 Å². The van der Waals surface area contributed by atoms with E-state index in [-0.39, 0.29) is 5.91 Å². The first kappa shape index (κ1) is 21.3. The lowest BCUT2D eigenvalue weighted by Gasteiger charge is -2.41. The summed E-state index contributed by atoms with van der Waals surface area (Å²) < 4.78 is 7.06. The number of benzene rings is 2. The van der Waals surface area contributed by atoms with Crippen molar-refractivity contribution in [2.45, 2.75) is 33.2 Å². The Kier molecular flexibility index (Phi) is 5.30. The molecule has 0 saturated heterocycles. The largest absolute Gasteiger partial charge is 0.452 e. The normalized spacial score (nSPS) is 14.5. The zero-order valence-corrected chi connectivity index (χ0v) is 18.4. The molecule has 1 aromatic heterocycles. The highest BCUT2D eigenvalue weighted by atomic mass is 16.5. The van der Waals surface area contributed by atoms with Crippen molar-refractivity contribution >= 4 is 29.2 Å². The molecule has 1 aliphatic rings. The first-order chi connectivity index (χ1) is 15.2. The second-order valence-electron chi connectivity index (χ2n) is 8.22. The number of hydrogen-bond acceptors (Lipinski definition) is 5. The fourth-order valence-electron chi connectivity index (χ4n) is 3.80. The van der Waals surface area contributed by atoms with E-state index in [9.17, 15) is 14.4 Å². The number of hydrogen-bond donors (Lipinski definition) is 1. The van der Waals surface area contributed by atoms with Gasteiger partial charge in [0.25, 0.3) is 5.91 Å². The number of esters is 1. The van der Waals surface area contributed by atoms with Gasteiger partial charge in [0.1, 0.15) is 5.54 Å². The summed E-state index contributed by atoms with van der Waals surface area (Å²) in [7, 11) is 0. The topological polar surface area (TPSA) is 93.5 Å². The average Bonchev–Trinajstić information content (AvgIpc) is 3.10. The molecule has 1 N–H and O–H groups in total. The standard InChI is InChI=1S/C24H24N4O4/c1-15-13-16(2)28(26-15)18-11-9-17(10-12-18)22(30)32-14-21(29)27-20-8-6-5-7-19(20)25-23(31)24(27,3)4/h5-13H,14H2,1-4H3,(H,25,31). The Bertz CT molecular complexity index is 1210. The summed E-state index contributed by atoms with van der Waals surface area (Å²) >= 11 is 0. The Hall–Kier alpha value is -3.94. The van der Waals surface area contributed by atoms with E-state index in [1.165, 1.54) is 4.90 Å². The molecule has 4 rings (SSSR count). The second-order valence-corrected chi connectivity index (χ2v) is 8.22. The van der Waals surface area contributed by atoms with Gasteiger partial charge in [0.15, 0.2) is 6.61 Å². The van der Waals surface area contributed by atoms with Crippen molar-refractivity contribution in [1.29, 1.82) is 0 Å². The first-order valence-electron chi connectivity index (χ1n) is 10.2. The maximum Gasteiger partial charge on any atom is 0.338 e. The van der Waals surface area contributed by atoms with Gasteiger partial charge in [-0.2, -0.15) is 5.10 Å². The third-order valence-corrected chi connectivity index (χ3v) is 5.44. The summed E-state index contributed by atoms with van der Waals surface area (Å²) in [5.74, 6) is -1.41. The van der Waals surface area contributed by atoms with Crippen LogP contribution >= 0.6 is 0 Å². The summed E-state index contributed by atoms with van der Waals surface area (Å²) in [6.45, 7) is 6.68. The van der Waals surface area contributed by atoms with Gasteiger partial charge in [0.05, 0.1) is 28.3 Å². The van der Waals surface area contributed by atoms with E-state index < -0.39 is 24.0 Å². The number of nitrogens with zero attached hydrogens (tertiary/aromatic N) is 3. The molecule has 8 nitrogen and oxygen atoms in total. The van der Waals surface area contributed by atoms with Crippen molar-refractivity contribution in [3.05, 3.63) is 71.5 Å². The summed E-state index contributed by atoms with van der Waals surface area (Å²) in [4.78, 5) is 39.4. The molecule has 2 heterocycles. The number of rotatable bonds is 4. The number of anilines is 2. The lowest BCUT2D eigenvalue weighted by molar-refractivity contribution is -0.128. The minimum absolute atomic E-state index is 0.310. The zero-order chi connectivity index (χ0) is 23.0. The number of nitrogens with one attached hydrogen (secondary N) is 1. The van der Waals surface area contributed by atoms with Crippen LogP contribution in [-0.2, 0) is 14.3 Å². The summed E-state index contributed by atoms with van der Waals surface area (Å²) in [5.41, 5.74) is 3.00. The maximum absolute atomic E-state index is 13.0. The predicted octanol–water partition coefficient (Wildman–Crippen LogP) is 3.41. The van der Waals surface area contributed by atoms with E-state index in [0.29, 0.717) is 16.9 Å². The molecule has 2 aromatic carbocycles. The van der Waals surface area contributed by atoms with Crippen LogP contribution in [0.2, 0.25) is 0 Å². The van der Waals surface area contributed by atoms with Gasteiger partial charge in [0.2, 0.25) is 5.91 Å². The Balaban J connectivity index is 1.48. The van der Waals surface area contributed by atoms with E-state index in [1.807, 2.05) is 19.9 Å². The maximum atomic E-state index is 13.0. The number of fused-ring (bicyclic) bond motifs is 1. The molecule has 0 spiro atoms. The van der Waals surface area contributed by atoms with Crippen LogP contribution in [0.4, 0.5) is 11.4 Å². The van der Waals surface area contributed by atoms with Crippen molar-refractivity contribution in [2.75, 3.05) is 16.8 Å². The molecule has 0 unspecified atom stereocenters. The van der Waals surface area contributed by atoms with Gasteiger partial charge in [0, 0.05) is 5.69 Å². The van der Waals surface area contributed by atoms with Gasteiger partial charge < -0.3 is 10.1 Å². The molecule has 2 amide bonds. The fraction of sp³-hybridized carbons (Fsp3) is 0.250. The fourth-order valence-corrected chi connectivity index (χ4v) is 3.80. The van der Waals surface area contributed by atoms with Crippen LogP contribution < -0.4 is 10.2 Å². The number of para-hydroxylation sites is 2. The minimum atomic E-state index is -1.13. The molecule has 0 fully saturated rings. The number of amides is 2. The van der Waals surface area contributed by atoms with Gasteiger partial charge in [-0.1, -0.05) is 12.1 Å². The van der Waals surface area contributed by atoms with Gasteiger partial charge in [-0.05, 0) is 70.2 Å². The lowest BCUT2D eigenvalue weighted by atomic mass is 9.96. The molecular formula is C24H24N4O4. The predicted molar refractivity (Wildman–Crippen MR) is 120 cm³/mol. The van der Waals surface area contributed by atoms with Crippen LogP contribution in [-0.4, -0.2) is 39.7 Å². The van der Waals surface area contributed by atoms with Crippen LogP contribution in [0, 0.1) is 13.8 Å². The van der Waals surface area contributed by atoms with Crippen molar-refractivity contribution in [3.63, 3.8) is 0 Å². The molecule has 164 valence electrons. The Morgan fingerprint density at radius 2 is 1.75 bits per heavy atom. The third-order valence-electron chi connectivity index (χ3n) is 5.44. The molecule has 0 radical (unpaired) electrons. The molecule has 32 heavy (non-hydrogen) atoms. The van der Waals surface area contributed by atoms with E-state index in [4.69, 9.17) is 4.74 Å². The van der Waals surface area contributed by atoms with Crippen LogP contribution in [0.5, 0.6) is 0 Å². The first-order valence-corrected chi connectivity index (χ1v) is 10.2. The summed E-state index contributed by atoms with van der Waals surface area (Å²) in [6, 6.07) is 15.8. The number of aryl methyl sites for hydroxylation is 2. The molecule has 0 bridgehead atoms. The smallest absolute Gasteiger partial charge is 0.338 e. The molecule has 1 aliphatic heterocycles. The lowest BCUT2D eigenvalue weighted by Crippen LogP contribution is -2.59. The van der Waals surface area contributed by atoms with Crippen LogP contribution in [0.3, 0.4) is 0 Å². The van der Waals surface area contributed by atoms with Crippen molar-refractivity contribution in [1.82, 2.24) is 9.78 Å². The number of ether oxygens (including phenoxy) is 1. The highest BCUT2D eigenvalue weighted by Gasteiger charge is 2.43. The molecule has 0 saturated carbocycles. The highest BCUT2D eigenvalue weighted by Crippen LogP contribution is 2.36. The van der Waals surface area contributed by atoms with Crippen LogP contribution in [0.1, 0.15) is 35.6 Å². The van der Waals surface area contributed by atoms with Gasteiger partial charge in [-0.25, -0.2) is 9.48 Å². The average molecular weight is 432 g/mol. The van der Waals surface area contributed by atoms with E-state index >= 15 is 0 Å².